The summed E-state index contributed by atoms with van der Waals surface area (Å²) in [7, 11) is -3.89. The summed E-state index contributed by atoms with van der Waals surface area (Å²) in [4.78, 5) is 14.3. The number of allylic oxidation sites excluding steroid dienone is 1. The molecule has 5 nitrogen and oxygen atoms in total. The number of rotatable bonds is 6. The molecule has 1 fully saturated rings. The molecule has 182 valence electrons. The Hall–Kier alpha value is -3.43. The first-order valence-electron chi connectivity index (χ1n) is 10.9. The fourth-order valence-corrected chi connectivity index (χ4v) is 5.24. The number of halogens is 3. The fraction of sp³-hybridized carbons (Fsp3) is 0.192. The number of anilines is 1. The maximum Gasteiger partial charge on any atom is 0.416 e. The number of hydrogen-bond acceptors (Lipinski definition) is 4. The van der Waals surface area contributed by atoms with Gasteiger partial charge in [0.15, 0.2) is 5.78 Å². The summed E-state index contributed by atoms with van der Waals surface area (Å²) in [5, 5.41) is 0. The van der Waals surface area contributed by atoms with Crippen LogP contribution in [-0.4, -0.2) is 44.7 Å². The standard InChI is InChI=1S/C26H23F3N2O3S/c27-26(28,29)22-9-13-24(14-10-22)35(33,34)31-18-16-30(17-19-31)23-11-7-21(8-12-23)25(32)15-6-20-4-2-1-3-5-20/h1-15H,16-19H2/b15-6+. The van der Waals surface area contributed by atoms with Gasteiger partial charge in [-0.3, -0.25) is 4.79 Å². The Labute approximate surface area is 202 Å². The predicted molar refractivity (Wildman–Crippen MR) is 129 cm³/mol. The molecule has 1 aliphatic heterocycles. The monoisotopic (exact) mass is 500 g/mol. The van der Waals surface area contributed by atoms with Crippen LogP contribution in [0.3, 0.4) is 0 Å². The zero-order valence-electron chi connectivity index (χ0n) is 18.6. The third-order valence-corrected chi connectivity index (χ3v) is 7.71. The molecular weight excluding hydrogens is 477 g/mol. The number of piperazine rings is 1. The average molecular weight is 501 g/mol. The van der Waals surface area contributed by atoms with Crippen LogP contribution in [0, 0.1) is 0 Å². The van der Waals surface area contributed by atoms with E-state index in [1.54, 1.807) is 18.2 Å². The molecule has 0 spiro atoms. The van der Waals surface area contributed by atoms with Crippen molar-refractivity contribution in [1.82, 2.24) is 4.31 Å². The number of sulfonamides is 1. The van der Waals surface area contributed by atoms with Crippen LogP contribution in [0.5, 0.6) is 0 Å². The topological polar surface area (TPSA) is 57.7 Å². The van der Waals surface area contributed by atoms with Gasteiger partial charge in [-0.05, 0) is 60.2 Å². The SMILES string of the molecule is O=C(/C=C/c1ccccc1)c1ccc(N2CCN(S(=O)(=O)c3ccc(C(F)(F)F)cc3)CC2)cc1. The van der Waals surface area contributed by atoms with E-state index in [1.807, 2.05) is 47.4 Å². The Kier molecular flexibility index (Phi) is 7.09. The molecule has 0 atom stereocenters. The van der Waals surface area contributed by atoms with E-state index in [9.17, 15) is 26.4 Å². The molecule has 0 amide bonds. The molecule has 1 aliphatic rings. The Bertz CT molecular complexity index is 1300. The summed E-state index contributed by atoms with van der Waals surface area (Å²) in [6.07, 6.45) is -1.24. The summed E-state index contributed by atoms with van der Waals surface area (Å²) < 4.78 is 65.3. The molecule has 3 aromatic rings. The summed E-state index contributed by atoms with van der Waals surface area (Å²) in [5.74, 6) is -0.118. The number of alkyl halides is 3. The van der Waals surface area contributed by atoms with E-state index in [-0.39, 0.29) is 23.8 Å². The van der Waals surface area contributed by atoms with Crippen LogP contribution >= 0.6 is 0 Å². The second kappa shape index (κ2) is 10.1. The highest BCUT2D eigenvalue weighted by atomic mass is 32.2. The minimum absolute atomic E-state index is 0.118. The molecule has 0 aliphatic carbocycles. The number of nitrogens with zero attached hydrogens (tertiary/aromatic N) is 2. The Balaban J connectivity index is 1.37. The maximum atomic E-state index is 12.9. The van der Waals surface area contributed by atoms with Crippen LogP contribution in [0.25, 0.3) is 6.08 Å². The molecule has 9 heteroatoms. The molecule has 0 bridgehead atoms. The van der Waals surface area contributed by atoms with Gasteiger partial charge in [-0.15, -0.1) is 0 Å². The highest BCUT2D eigenvalue weighted by Gasteiger charge is 2.32. The highest BCUT2D eigenvalue weighted by Crippen LogP contribution is 2.30. The van der Waals surface area contributed by atoms with Gasteiger partial charge in [0.05, 0.1) is 10.5 Å². The van der Waals surface area contributed by atoms with E-state index in [0.29, 0.717) is 18.7 Å². The molecule has 0 saturated carbocycles. The van der Waals surface area contributed by atoms with Crippen molar-refractivity contribution >= 4 is 27.6 Å². The van der Waals surface area contributed by atoms with Crippen LogP contribution in [0.2, 0.25) is 0 Å². The van der Waals surface area contributed by atoms with Crippen molar-refractivity contribution in [1.29, 1.82) is 0 Å². The first-order chi connectivity index (χ1) is 16.6. The van der Waals surface area contributed by atoms with Crippen molar-refractivity contribution in [3.05, 3.63) is 102 Å². The molecule has 0 aromatic heterocycles. The quantitative estimate of drug-likeness (QED) is 0.349. The second-order valence-electron chi connectivity index (χ2n) is 8.07. The van der Waals surface area contributed by atoms with Crippen molar-refractivity contribution in [2.45, 2.75) is 11.1 Å². The van der Waals surface area contributed by atoms with Gasteiger partial charge < -0.3 is 4.90 Å². The molecule has 3 aromatic carbocycles. The van der Waals surface area contributed by atoms with Crippen molar-refractivity contribution < 1.29 is 26.4 Å². The molecule has 0 unspecified atom stereocenters. The number of carbonyl (C=O) groups is 1. The number of benzene rings is 3. The van der Waals surface area contributed by atoms with E-state index in [2.05, 4.69) is 0 Å². The van der Waals surface area contributed by atoms with E-state index in [0.717, 1.165) is 35.5 Å². The Morgan fingerprint density at radius 2 is 1.40 bits per heavy atom. The van der Waals surface area contributed by atoms with Gasteiger partial charge in [-0.2, -0.15) is 17.5 Å². The Morgan fingerprint density at radius 1 is 0.800 bits per heavy atom. The first kappa shape index (κ1) is 24.7. The Morgan fingerprint density at radius 3 is 1.97 bits per heavy atom. The highest BCUT2D eigenvalue weighted by molar-refractivity contribution is 7.89. The minimum Gasteiger partial charge on any atom is -0.369 e. The van der Waals surface area contributed by atoms with E-state index >= 15 is 0 Å². The van der Waals surface area contributed by atoms with Crippen LogP contribution in [0.1, 0.15) is 21.5 Å². The van der Waals surface area contributed by atoms with Gasteiger partial charge >= 0.3 is 6.18 Å². The normalized spacial score (nSPS) is 15.5. The first-order valence-corrected chi connectivity index (χ1v) is 12.4. The molecule has 0 radical (unpaired) electrons. The number of ketones is 1. The molecular formula is C26H23F3N2O3S. The van der Waals surface area contributed by atoms with Gasteiger partial charge in [0.1, 0.15) is 0 Å². The van der Waals surface area contributed by atoms with Gasteiger partial charge in [0.25, 0.3) is 0 Å². The lowest BCUT2D eigenvalue weighted by Gasteiger charge is -2.35. The summed E-state index contributed by atoms with van der Waals surface area (Å²) in [5.41, 5.74) is 1.45. The van der Waals surface area contributed by atoms with Crippen LogP contribution in [0.15, 0.2) is 89.8 Å². The summed E-state index contributed by atoms with van der Waals surface area (Å²) >= 11 is 0. The fourth-order valence-electron chi connectivity index (χ4n) is 3.82. The summed E-state index contributed by atoms with van der Waals surface area (Å²) in [6.45, 7) is 1.23. The van der Waals surface area contributed by atoms with Crippen LogP contribution in [0.4, 0.5) is 18.9 Å². The zero-order valence-corrected chi connectivity index (χ0v) is 19.5. The van der Waals surface area contributed by atoms with Gasteiger partial charge in [-0.25, -0.2) is 8.42 Å². The van der Waals surface area contributed by atoms with E-state index < -0.39 is 21.8 Å². The van der Waals surface area contributed by atoms with Crippen LogP contribution < -0.4 is 4.90 Å². The van der Waals surface area contributed by atoms with E-state index in [1.165, 1.54) is 10.4 Å². The van der Waals surface area contributed by atoms with Crippen molar-refractivity contribution in [2.24, 2.45) is 0 Å². The van der Waals surface area contributed by atoms with E-state index in [4.69, 9.17) is 0 Å². The lowest BCUT2D eigenvalue weighted by atomic mass is 10.1. The number of hydrogen-bond donors (Lipinski definition) is 0. The van der Waals surface area contributed by atoms with Crippen molar-refractivity contribution in [3.8, 4) is 0 Å². The van der Waals surface area contributed by atoms with Crippen molar-refractivity contribution in [2.75, 3.05) is 31.1 Å². The average Bonchev–Trinajstić information content (AvgIpc) is 2.87. The maximum absolute atomic E-state index is 12.9. The largest absolute Gasteiger partial charge is 0.416 e. The molecule has 4 rings (SSSR count). The smallest absolute Gasteiger partial charge is 0.369 e. The third-order valence-electron chi connectivity index (χ3n) is 5.80. The van der Waals surface area contributed by atoms with Crippen LogP contribution in [-0.2, 0) is 16.2 Å². The lowest BCUT2D eigenvalue weighted by molar-refractivity contribution is -0.137. The lowest BCUT2D eigenvalue weighted by Crippen LogP contribution is -2.48. The minimum atomic E-state index is -4.52. The molecule has 35 heavy (non-hydrogen) atoms. The van der Waals surface area contributed by atoms with Gasteiger partial charge in [-0.1, -0.05) is 36.4 Å². The number of carbonyl (C=O) groups excluding carboxylic acids is 1. The predicted octanol–water partition coefficient (Wildman–Crippen LogP) is 5.11. The molecule has 0 N–H and O–H groups in total. The van der Waals surface area contributed by atoms with Crippen molar-refractivity contribution in [3.63, 3.8) is 0 Å². The summed E-state index contributed by atoms with van der Waals surface area (Å²) in [6, 6.07) is 20.2. The zero-order chi connectivity index (χ0) is 25.1. The second-order valence-corrected chi connectivity index (χ2v) is 10.0. The third kappa shape index (κ3) is 5.80. The van der Waals surface area contributed by atoms with Gasteiger partial charge in [0, 0.05) is 37.4 Å². The molecule has 1 saturated heterocycles. The van der Waals surface area contributed by atoms with Gasteiger partial charge in [0.2, 0.25) is 10.0 Å². The molecule has 1 heterocycles.